The van der Waals surface area contributed by atoms with Crippen molar-refractivity contribution in [1.29, 1.82) is 5.26 Å². The van der Waals surface area contributed by atoms with Crippen molar-refractivity contribution in [3.05, 3.63) is 40.7 Å². The number of nitrogens with zero attached hydrogens (tertiary/aromatic N) is 7. The first-order valence-electron chi connectivity index (χ1n) is 15.4. The smallest absolute Gasteiger partial charge is 0.412 e. The monoisotopic (exact) mass is 664 g/mol. The zero-order chi connectivity index (χ0) is 33.2. The Hall–Kier alpha value is -4.07. The highest BCUT2D eigenvalue weighted by Gasteiger charge is 2.38. The maximum absolute atomic E-state index is 16.9. The lowest BCUT2D eigenvalue weighted by atomic mass is 9.94. The molecule has 0 bridgehead atoms. The van der Waals surface area contributed by atoms with Gasteiger partial charge in [0.25, 0.3) is 0 Å². The van der Waals surface area contributed by atoms with Crippen LogP contribution in [0.2, 0.25) is 0 Å². The third-order valence-electron chi connectivity index (χ3n) is 8.87. The molecule has 2 saturated heterocycles. The second-order valence-electron chi connectivity index (χ2n) is 13.2. The normalized spacial score (nSPS) is 20.6. The van der Waals surface area contributed by atoms with Gasteiger partial charge in [-0.2, -0.15) is 5.26 Å². The number of thiophene rings is 1. The van der Waals surface area contributed by atoms with E-state index in [1.54, 1.807) is 27.0 Å². The number of fused-ring (bicyclic) bond motifs is 4. The number of ether oxygens (including phenoxy) is 2. The number of aromatic nitrogens is 3. The van der Waals surface area contributed by atoms with Gasteiger partial charge in [0.2, 0.25) is 5.95 Å². The Morgan fingerprint density at radius 3 is 2.62 bits per heavy atom. The number of aliphatic hydroxyl groups is 1. The molecule has 0 spiro atoms. The zero-order valence-electron chi connectivity index (χ0n) is 26.4. The van der Waals surface area contributed by atoms with Crippen molar-refractivity contribution in [2.24, 2.45) is 0 Å². The van der Waals surface area contributed by atoms with Crippen molar-refractivity contribution in [2.45, 2.75) is 51.7 Å². The van der Waals surface area contributed by atoms with Crippen LogP contribution in [0.3, 0.4) is 0 Å². The van der Waals surface area contributed by atoms with Gasteiger partial charge in [-0.05, 0) is 38.9 Å². The van der Waals surface area contributed by atoms with Crippen LogP contribution >= 0.6 is 11.3 Å². The van der Waals surface area contributed by atoms with Crippen LogP contribution in [0.25, 0.3) is 32.2 Å². The number of hydrogen-bond donors (Lipinski definition) is 2. The standard InChI is InChI=1S/C32H34F2N8O4S/c1-32(2,3)46-31(44)39-29-16(9-35)24-27(36-11-20(33)28(24)47-29)23-19-15-45-14-18(19)17-10-37-30(38-26(17)25(23)34)42-12-21(22(43)13-42)41-7-5-40(4)6-8-41/h10-11,21-22,43H,5-8,12-15H2,1-4H3,(H,39,44)/t21-,22-/m1/s1. The Balaban J connectivity index is 1.32. The second-order valence-corrected chi connectivity index (χ2v) is 14.2. The summed E-state index contributed by atoms with van der Waals surface area (Å²) in [7, 11) is 2.08. The zero-order valence-corrected chi connectivity index (χ0v) is 27.2. The number of benzene rings is 1. The number of piperazine rings is 1. The number of β-amino-alcohol motifs (C(OH)–C–C–N with tert-alkyl or cyclic N) is 1. The molecule has 3 aliphatic rings. The molecular formula is C32H34F2N8O4S. The SMILES string of the molecule is CN1CCN([C@@H]2CN(c3ncc4c5c(c(-c6ncc(F)c7sc(NC(=O)OC(C)(C)C)c(C#N)c67)c(F)c4n3)COC5)C[C@H]2O)CC1. The Morgan fingerprint density at radius 1 is 1.15 bits per heavy atom. The topological polar surface area (TPSA) is 140 Å². The molecule has 6 heterocycles. The minimum atomic E-state index is -0.812. The average Bonchev–Trinajstić information content (AvgIpc) is 3.75. The lowest BCUT2D eigenvalue weighted by molar-refractivity contribution is 0.0512. The highest BCUT2D eigenvalue weighted by Crippen LogP contribution is 2.46. The first-order valence-corrected chi connectivity index (χ1v) is 16.2. The van der Waals surface area contributed by atoms with E-state index in [2.05, 4.69) is 37.1 Å². The fourth-order valence-electron chi connectivity index (χ4n) is 6.60. The maximum Gasteiger partial charge on any atom is 0.412 e. The van der Waals surface area contributed by atoms with E-state index in [4.69, 9.17) is 9.47 Å². The first-order chi connectivity index (χ1) is 22.4. The summed E-state index contributed by atoms with van der Waals surface area (Å²) >= 11 is 0.847. The molecule has 0 saturated carbocycles. The van der Waals surface area contributed by atoms with Gasteiger partial charge in [0.05, 0.1) is 47.5 Å². The number of aliphatic hydroxyl groups excluding tert-OH is 1. The van der Waals surface area contributed by atoms with E-state index in [-0.39, 0.29) is 62.6 Å². The maximum atomic E-state index is 16.9. The number of rotatable bonds is 4. The van der Waals surface area contributed by atoms with Gasteiger partial charge >= 0.3 is 6.09 Å². The van der Waals surface area contributed by atoms with Gasteiger partial charge in [0.15, 0.2) is 11.6 Å². The van der Waals surface area contributed by atoms with Crippen LogP contribution < -0.4 is 10.2 Å². The first kappa shape index (κ1) is 31.5. The van der Waals surface area contributed by atoms with Crippen molar-refractivity contribution in [3.63, 3.8) is 0 Å². The molecule has 246 valence electrons. The Labute approximate surface area is 273 Å². The van der Waals surface area contributed by atoms with E-state index in [1.165, 1.54) is 0 Å². The summed E-state index contributed by atoms with van der Waals surface area (Å²) in [6, 6.07) is 1.95. The van der Waals surface area contributed by atoms with Crippen LogP contribution in [0.15, 0.2) is 12.4 Å². The van der Waals surface area contributed by atoms with Crippen molar-refractivity contribution >= 4 is 49.4 Å². The molecule has 2 N–H and O–H groups in total. The number of hydrogen-bond acceptors (Lipinski definition) is 12. The molecule has 0 unspecified atom stereocenters. The van der Waals surface area contributed by atoms with Crippen molar-refractivity contribution < 1.29 is 28.2 Å². The van der Waals surface area contributed by atoms with Gasteiger partial charge in [-0.15, -0.1) is 11.3 Å². The number of amides is 1. The minimum Gasteiger partial charge on any atom is -0.444 e. The molecule has 2 atom stereocenters. The van der Waals surface area contributed by atoms with Gasteiger partial charge in [-0.1, -0.05) is 0 Å². The molecule has 3 aliphatic heterocycles. The number of nitriles is 1. The number of carbonyl (C=O) groups excluding carboxylic acids is 1. The molecule has 2 fully saturated rings. The van der Waals surface area contributed by atoms with E-state index < -0.39 is 29.4 Å². The van der Waals surface area contributed by atoms with Crippen LogP contribution in [0.4, 0.5) is 24.5 Å². The second kappa shape index (κ2) is 11.9. The van der Waals surface area contributed by atoms with Crippen LogP contribution in [-0.4, -0.2) is 100 Å². The lowest BCUT2D eigenvalue weighted by Gasteiger charge is -2.37. The summed E-state index contributed by atoms with van der Waals surface area (Å²) in [4.78, 5) is 32.5. The van der Waals surface area contributed by atoms with Crippen LogP contribution in [0.1, 0.15) is 37.5 Å². The number of anilines is 2. The number of likely N-dealkylation sites (N-methyl/N-ethyl adjacent to an activating group) is 1. The molecule has 47 heavy (non-hydrogen) atoms. The van der Waals surface area contributed by atoms with Crippen molar-refractivity contribution in [2.75, 3.05) is 56.5 Å². The highest BCUT2D eigenvalue weighted by atomic mass is 32.1. The van der Waals surface area contributed by atoms with E-state index >= 15 is 8.78 Å². The largest absolute Gasteiger partial charge is 0.444 e. The van der Waals surface area contributed by atoms with E-state index in [0.29, 0.717) is 29.6 Å². The van der Waals surface area contributed by atoms with Crippen molar-refractivity contribution in [1.82, 2.24) is 24.8 Å². The van der Waals surface area contributed by atoms with E-state index in [9.17, 15) is 15.2 Å². The molecule has 15 heteroatoms. The summed E-state index contributed by atoms with van der Waals surface area (Å²) in [5.41, 5.74) is 0.449. The van der Waals surface area contributed by atoms with E-state index in [1.807, 2.05) is 11.0 Å². The number of halogens is 2. The fourth-order valence-corrected chi connectivity index (χ4v) is 7.64. The Bertz CT molecular complexity index is 1950. The summed E-state index contributed by atoms with van der Waals surface area (Å²) in [6.07, 6.45) is 1.13. The average molecular weight is 665 g/mol. The predicted molar refractivity (Wildman–Crippen MR) is 172 cm³/mol. The Kier molecular flexibility index (Phi) is 7.96. The molecule has 1 aromatic carbocycles. The number of carbonyl (C=O) groups is 1. The highest BCUT2D eigenvalue weighted by molar-refractivity contribution is 7.23. The van der Waals surface area contributed by atoms with Gasteiger partial charge in [0.1, 0.15) is 22.2 Å². The fraction of sp³-hybridized carbons (Fsp3) is 0.469. The summed E-state index contributed by atoms with van der Waals surface area (Å²) in [5, 5.41) is 24.3. The molecule has 1 amide bonds. The van der Waals surface area contributed by atoms with Gasteiger partial charge < -0.3 is 24.4 Å². The minimum absolute atomic E-state index is 0.0342. The van der Waals surface area contributed by atoms with Gasteiger partial charge in [-0.3, -0.25) is 15.2 Å². The molecular weight excluding hydrogens is 630 g/mol. The lowest BCUT2D eigenvalue weighted by Crippen LogP contribution is -2.52. The molecule has 0 radical (unpaired) electrons. The van der Waals surface area contributed by atoms with Gasteiger partial charge in [0, 0.05) is 61.8 Å². The van der Waals surface area contributed by atoms with Gasteiger partial charge in [-0.25, -0.2) is 23.5 Å². The number of nitrogens with one attached hydrogen (secondary N) is 1. The predicted octanol–water partition coefficient (Wildman–Crippen LogP) is 4.23. The van der Waals surface area contributed by atoms with E-state index in [0.717, 1.165) is 43.7 Å². The quantitative estimate of drug-likeness (QED) is 0.324. The van der Waals surface area contributed by atoms with Crippen molar-refractivity contribution in [3.8, 4) is 17.3 Å². The molecule has 3 aromatic heterocycles. The third kappa shape index (κ3) is 5.63. The van der Waals surface area contributed by atoms with Crippen LogP contribution in [-0.2, 0) is 22.7 Å². The molecule has 4 aromatic rings. The Morgan fingerprint density at radius 2 is 1.89 bits per heavy atom. The van der Waals surface area contributed by atoms with Crippen LogP contribution in [0, 0.1) is 23.0 Å². The third-order valence-corrected chi connectivity index (χ3v) is 9.98. The summed E-state index contributed by atoms with van der Waals surface area (Å²) in [5.74, 6) is -1.14. The molecule has 12 nitrogen and oxygen atoms in total. The molecule has 7 rings (SSSR count). The molecule has 0 aliphatic carbocycles. The summed E-state index contributed by atoms with van der Waals surface area (Å²) < 4.78 is 43.2. The summed E-state index contributed by atoms with van der Waals surface area (Å²) in [6.45, 7) is 9.65. The number of pyridine rings is 1. The van der Waals surface area contributed by atoms with Crippen LogP contribution in [0.5, 0.6) is 0 Å².